The third kappa shape index (κ3) is 6.59. The van der Waals surface area contributed by atoms with Crippen LogP contribution in [0, 0.1) is 0 Å². The first-order valence-corrected chi connectivity index (χ1v) is 12.7. The molecule has 1 amide bonds. The molecule has 1 aromatic carbocycles. The third-order valence-corrected chi connectivity index (χ3v) is 5.93. The van der Waals surface area contributed by atoms with Gasteiger partial charge < -0.3 is 19.9 Å². The van der Waals surface area contributed by atoms with E-state index in [0.29, 0.717) is 62.2 Å². The Morgan fingerprint density at radius 1 is 1.18 bits per heavy atom. The van der Waals surface area contributed by atoms with Crippen molar-refractivity contribution in [1.29, 1.82) is 0 Å². The molecule has 0 radical (unpaired) electrons. The average Bonchev–Trinajstić information content (AvgIpc) is 3.31. The number of sulfone groups is 1. The van der Waals surface area contributed by atoms with Gasteiger partial charge in [-0.1, -0.05) is 0 Å². The van der Waals surface area contributed by atoms with Gasteiger partial charge in [-0.15, -0.1) is 0 Å². The number of aromatic nitrogens is 4. The van der Waals surface area contributed by atoms with Gasteiger partial charge in [-0.25, -0.2) is 23.4 Å². The number of carbonyl (C=O) groups excluding carboxylic acids is 1. The molecule has 3 heterocycles. The number of aryl methyl sites for hydroxylation is 1. The Morgan fingerprint density at radius 3 is 2.61 bits per heavy atom. The average molecular weight is 471 g/mol. The van der Waals surface area contributed by atoms with Crippen molar-refractivity contribution in [2.75, 3.05) is 42.8 Å². The summed E-state index contributed by atoms with van der Waals surface area (Å²) in [4.78, 5) is 30.4. The van der Waals surface area contributed by atoms with Crippen molar-refractivity contribution in [3.05, 3.63) is 54.2 Å². The number of benzene rings is 1. The maximum absolute atomic E-state index is 12.2. The predicted molar refractivity (Wildman–Crippen MR) is 125 cm³/mol. The summed E-state index contributed by atoms with van der Waals surface area (Å²) < 4.78 is 29.2. The number of nitrogens with zero attached hydrogens (tertiary/aromatic N) is 4. The fourth-order valence-corrected chi connectivity index (χ4v) is 4.19. The number of anilines is 2. The number of nitrogens with one attached hydrogen (secondary N) is 2. The lowest BCUT2D eigenvalue weighted by Gasteiger charge is -2.28. The van der Waals surface area contributed by atoms with Gasteiger partial charge in [-0.3, -0.25) is 4.79 Å². The molecule has 174 valence electrons. The van der Waals surface area contributed by atoms with Crippen LogP contribution in [0.4, 0.5) is 11.5 Å². The fourth-order valence-electron chi connectivity index (χ4n) is 3.50. The van der Waals surface area contributed by atoms with Crippen molar-refractivity contribution >= 4 is 27.2 Å². The second-order valence-electron chi connectivity index (χ2n) is 7.91. The lowest BCUT2D eigenvalue weighted by Crippen LogP contribution is -2.37. The monoisotopic (exact) mass is 470 g/mol. The Kier molecular flexibility index (Phi) is 6.99. The van der Waals surface area contributed by atoms with Crippen molar-refractivity contribution in [1.82, 2.24) is 19.9 Å². The number of aromatic amines is 1. The van der Waals surface area contributed by atoms with E-state index >= 15 is 0 Å². The van der Waals surface area contributed by atoms with E-state index in [1.165, 1.54) is 6.26 Å². The van der Waals surface area contributed by atoms with Crippen LogP contribution in [0.1, 0.15) is 17.8 Å². The van der Waals surface area contributed by atoms with Crippen molar-refractivity contribution < 1.29 is 17.9 Å². The molecule has 1 saturated heterocycles. The zero-order valence-electron chi connectivity index (χ0n) is 18.3. The van der Waals surface area contributed by atoms with Gasteiger partial charge in [0, 0.05) is 55.0 Å². The van der Waals surface area contributed by atoms with E-state index in [9.17, 15) is 13.2 Å². The van der Waals surface area contributed by atoms with Crippen LogP contribution in [0.25, 0.3) is 11.4 Å². The molecule has 33 heavy (non-hydrogen) atoms. The zero-order chi connectivity index (χ0) is 23.3. The van der Waals surface area contributed by atoms with Gasteiger partial charge in [0.05, 0.1) is 31.0 Å². The summed E-state index contributed by atoms with van der Waals surface area (Å²) in [6.07, 6.45) is 5.39. The van der Waals surface area contributed by atoms with E-state index in [4.69, 9.17) is 4.74 Å². The first-order valence-electron chi connectivity index (χ1n) is 10.6. The van der Waals surface area contributed by atoms with Crippen molar-refractivity contribution in [2.45, 2.75) is 18.6 Å². The molecule has 0 atom stereocenters. The van der Waals surface area contributed by atoms with Crippen LogP contribution in [0.5, 0.6) is 0 Å². The van der Waals surface area contributed by atoms with E-state index in [0.717, 1.165) is 11.3 Å². The van der Waals surface area contributed by atoms with Crippen molar-refractivity contribution in [3.8, 4) is 11.4 Å². The molecule has 1 fully saturated rings. The molecule has 1 aliphatic rings. The molecule has 0 spiro atoms. The zero-order valence-corrected chi connectivity index (χ0v) is 19.1. The summed E-state index contributed by atoms with van der Waals surface area (Å²) in [6.45, 7) is 2.54. The topological polar surface area (TPSA) is 130 Å². The Bertz CT molecular complexity index is 1190. The molecule has 1 aliphatic heterocycles. The van der Waals surface area contributed by atoms with E-state index in [1.54, 1.807) is 30.7 Å². The largest absolute Gasteiger partial charge is 0.378 e. The molecule has 0 unspecified atom stereocenters. The van der Waals surface area contributed by atoms with Gasteiger partial charge in [-0.2, -0.15) is 0 Å². The SMILES string of the molecule is CS(=O)(=O)Cc1cc(N2CCOCC2)nc(-c2ccc(NC(=O)CCc3cnc[nH]3)cc2)n1. The van der Waals surface area contributed by atoms with Crippen LogP contribution in [0.15, 0.2) is 42.9 Å². The fraction of sp³-hybridized carbons (Fsp3) is 0.364. The maximum atomic E-state index is 12.2. The number of hydrogen-bond acceptors (Lipinski definition) is 8. The molecule has 11 heteroatoms. The summed E-state index contributed by atoms with van der Waals surface area (Å²) in [6, 6.07) is 8.92. The van der Waals surface area contributed by atoms with Crippen LogP contribution >= 0.6 is 0 Å². The molecule has 0 aliphatic carbocycles. The van der Waals surface area contributed by atoms with Gasteiger partial charge in [0.15, 0.2) is 15.7 Å². The molecule has 3 aromatic rings. The standard InChI is InChI=1S/C22H26N6O4S/c1-33(30,31)14-19-12-20(28-8-10-32-11-9-28)27-22(26-19)16-2-4-17(5-3-16)25-21(29)7-6-18-13-23-15-24-18/h2-5,12-13,15H,6-11,14H2,1H3,(H,23,24)(H,25,29). The number of imidazole rings is 1. The maximum Gasteiger partial charge on any atom is 0.224 e. The minimum Gasteiger partial charge on any atom is -0.378 e. The molecule has 0 saturated carbocycles. The highest BCUT2D eigenvalue weighted by atomic mass is 32.2. The Morgan fingerprint density at radius 2 is 1.94 bits per heavy atom. The molecule has 4 rings (SSSR count). The second kappa shape index (κ2) is 10.1. The van der Waals surface area contributed by atoms with Gasteiger partial charge >= 0.3 is 0 Å². The Labute approximate surface area is 192 Å². The van der Waals surface area contributed by atoms with Crippen molar-refractivity contribution in [2.24, 2.45) is 0 Å². The van der Waals surface area contributed by atoms with Crippen LogP contribution < -0.4 is 10.2 Å². The van der Waals surface area contributed by atoms with Gasteiger partial charge in [0.1, 0.15) is 5.82 Å². The van der Waals surface area contributed by atoms with Crippen LogP contribution in [0.3, 0.4) is 0 Å². The summed E-state index contributed by atoms with van der Waals surface area (Å²) >= 11 is 0. The van der Waals surface area contributed by atoms with Gasteiger partial charge in [0.2, 0.25) is 5.91 Å². The molecular formula is C22H26N6O4S. The normalized spacial score (nSPS) is 14.3. The highest BCUT2D eigenvalue weighted by molar-refractivity contribution is 7.89. The molecule has 10 nitrogen and oxygen atoms in total. The number of amides is 1. The highest BCUT2D eigenvalue weighted by Gasteiger charge is 2.17. The number of carbonyl (C=O) groups is 1. The number of rotatable bonds is 8. The number of morpholine rings is 1. The molecule has 2 aromatic heterocycles. The summed E-state index contributed by atoms with van der Waals surface area (Å²) in [7, 11) is -3.25. The van der Waals surface area contributed by atoms with Crippen LogP contribution in [-0.4, -0.2) is 66.8 Å². The number of hydrogen-bond donors (Lipinski definition) is 2. The smallest absolute Gasteiger partial charge is 0.224 e. The summed E-state index contributed by atoms with van der Waals surface area (Å²) in [5.41, 5.74) is 2.74. The minimum absolute atomic E-state index is 0.0987. The third-order valence-electron chi connectivity index (χ3n) is 5.11. The van der Waals surface area contributed by atoms with E-state index in [-0.39, 0.29) is 11.7 Å². The minimum atomic E-state index is -3.25. The van der Waals surface area contributed by atoms with E-state index in [2.05, 4.69) is 30.2 Å². The van der Waals surface area contributed by atoms with Crippen molar-refractivity contribution in [3.63, 3.8) is 0 Å². The Hall–Kier alpha value is -3.31. The predicted octanol–water partition coefficient (Wildman–Crippen LogP) is 1.82. The lowest BCUT2D eigenvalue weighted by molar-refractivity contribution is -0.116. The lowest BCUT2D eigenvalue weighted by atomic mass is 10.1. The second-order valence-corrected chi connectivity index (χ2v) is 10.1. The van der Waals surface area contributed by atoms with Crippen LogP contribution in [-0.2, 0) is 31.5 Å². The first-order chi connectivity index (χ1) is 15.9. The number of H-pyrrole nitrogens is 1. The van der Waals surface area contributed by atoms with E-state index < -0.39 is 9.84 Å². The summed E-state index contributed by atoms with van der Waals surface area (Å²) in [5.74, 6) is 0.857. The highest BCUT2D eigenvalue weighted by Crippen LogP contribution is 2.23. The van der Waals surface area contributed by atoms with Gasteiger partial charge in [-0.05, 0) is 30.7 Å². The molecule has 2 N–H and O–H groups in total. The quantitative estimate of drug-likeness (QED) is 0.510. The van der Waals surface area contributed by atoms with Crippen LogP contribution in [0.2, 0.25) is 0 Å². The number of ether oxygens (including phenoxy) is 1. The molecular weight excluding hydrogens is 444 g/mol. The summed E-state index contributed by atoms with van der Waals surface area (Å²) in [5, 5.41) is 2.87. The van der Waals surface area contributed by atoms with Gasteiger partial charge in [0.25, 0.3) is 0 Å². The first kappa shape index (κ1) is 22.9. The van der Waals surface area contributed by atoms with E-state index in [1.807, 2.05) is 12.1 Å². The Balaban J connectivity index is 1.50. The molecule has 0 bridgehead atoms.